The van der Waals surface area contributed by atoms with Crippen LogP contribution >= 0.6 is 0 Å². The fourth-order valence-electron chi connectivity index (χ4n) is 1.58. The summed E-state index contributed by atoms with van der Waals surface area (Å²) in [6.45, 7) is 3.02. The summed E-state index contributed by atoms with van der Waals surface area (Å²) in [4.78, 5) is 11.2. The van der Waals surface area contributed by atoms with Crippen molar-refractivity contribution in [3.63, 3.8) is 0 Å². The number of aromatic amines is 1. The molecule has 8 nitrogen and oxygen atoms in total. The minimum Gasteiger partial charge on any atom is -0.295 e. The van der Waals surface area contributed by atoms with Crippen LogP contribution in [0, 0.1) is 0 Å². The van der Waals surface area contributed by atoms with Crippen LogP contribution in [-0.2, 0) is 10.0 Å². The number of rotatable bonds is 5. The number of aromatic nitrogens is 4. The summed E-state index contributed by atoms with van der Waals surface area (Å²) in [5.41, 5.74) is 0.454. The number of H-pyrrole nitrogens is 1. The average molecular weight is 295 g/mol. The van der Waals surface area contributed by atoms with E-state index in [2.05, 4.69) is 25.3 Å². The molecule has 106 valence electrons. The number of sulfonamides is 1. The lowest BCUT2D eigenvalue weighted by Gasteiger charge is -2.11. The van der Waals surface area contributed by atoms with Gasteiger partial charge in [-0.1, -0.05) is 17.3 Å². The van der Waals surface area contributed by atoms with Gasteiger partial charge in [0.1, 0.15) is 0 Å². The van der Waals surface area contributed by atoms with Crippen molar-refractivity contribution in [2.24, 2.45) is 0 Å². The summed E-state index contributed by atoms with van der Waals surface area (Å²) in [6, 6.07) is 5.07. The van der Waals surface area contributed by atoms with Crippen LogP contribution in [0.15, 0.2) is 29.2 Å². The van der Waals surface area contributed by atoms with Crippen molar-refractivity contribution < 1.29 is 13.2 Å². The molecule has 0 fully saturated rings. The van der Waals surface area contributed by atoms with Crippen molar-refractivity contribution in [2.45, 2.75) is 24.8 Å². The van der Waals surface area contributed by atoms with E-state index in [1.165, 1.54) is 31.2 Å². The molecule has 0 radical (unpaired) electrons. The molecule has 2 aromatic rings. The van der Waals surface area contributed by atoms with E-state index in [-0.39, 0.29) is 16.5 Å². The molecule has 0 spiro atoms. The third kappa shape index (κ3) is 3.06. The van der Waals surface area contributed by atoms with Gasteiger partial charge in [0.2, 0.25) is 10.0 Å². The van der Waals surface area contributed by atoms with Crippen molar-refractivity contribution in [3.05, 3.63) is 35.7 Å². The number of tetrazole rings is 1. The number of carbonyl (C=O) groups excluding carboxylic acids is 1. The van der Waals surface area contributed by atoms with E-state index < -0.39 is 16.1 Å². The first kappa shape index (κ1) is 14.3. The maximum Gasteiger partial charge on any atom is 0.241 e. The van der Waals surface area contributed by atoms with Crippen molar-refractivity contribution in [1.82, 2.24) is 25.3 Å². The van der Waals surface area contributed by atoms with Crippen LogP contribution in [0.5, 0.6) is 0 Å². The molecule has 2 N–H and O–H groups in total. The van der Waals surface area contributed by atoms with E-state index in [0.29, 0.717) is 5.56 Å². The Kier molecular flexibility index (Phi) is 3.91. The molecule has 20 heavy (non-hydrogen) atoms. The molecule has 1 atom stereocenters. The molecular weight excluding hydrogens is 282 g/mol. The highest BCUT2D eigenvalue weighted by molar-refractivity contribution is 7.89. The monoisotopic (exact) mass is 295 g/mol. The number of ketones is 1. The molecule has 0 aliphatic heterocycles. The Labute approximate surface area is 115 Å². The number of hydrogen-bond acceptors (Lipinski definition) is 6. The van der Waals surface area contributed by atoms with Crippen LogP contribution in [0.2, 0.25) is 0 Å². The number of nitrogens with zero attached hydrogens (tertiary/aromatic N) is 3. The van der Waals surface area contributed by atoms with Gasteiger partial charge in [-0.15, -0.1) is 10.2 Å². The Morgan fingerprint density at radius 2 is 1.95 bits per heavy atom. The van der Waals surface area contributed by atoms with Gasteiger partial charge in [-0.25, -0.2) is 13.1 Å². The number of carbonyl (C=O) groups is 1. The van der Waals surface area contributed by atoms with Gasteiger partial charge < -0.3 is 0 Å². The maximum atomic E-state index is 12.1. The number of benzene rings is 1. The first-order chi connectivity index (χ1) is 9.40. The molecule has 1 heterocycles. The standard InChI is InChI=1S/C11H13N5O3S/c1-7(11-12-15-16-13-11)14-20(18,19)10-5-3-9(4-6-10)8(2)17/h3-7,14H,1-2H3,(H,12,13,15,16). The second-order valence-corrected chi connectivity index (χ2v) is 5.91. The minimum atomic E-state index is -3.71. The fraction of sp³-hybridized carbons (Fsp3) is 0.273. The highest BCUT2D eigenvalue weighted by Gasteiger charge is 2.20. The molecule has 1 aromatic heterocycles. The molecule has 0 saturated carbocycles. The summed E-state index contributed by atoms with van der Waals surface area (Å²) < 4.78 is 26.7. The van der Waals surface area contributed by atoms with Gasteiger partial charge in [-0.3, -0.25) is 4.79 Å². The number of Topliss-reactive ketones (excluding diaryl/α,β-unsaturated/α-hetero) is 1. The summed E-state index contributed by atoms with van der Waals surface area (Å²) in [5, 5.41) is 13.0. The quantitative estimate of drug-likeness (QED) is 0.773. The highest BCUT2D eigenvalue weighted by atomic mass is 32.2. The first-order valence-electron chi connectivity index (χ1n) is 5.77. The van der Waals surface area contributed by atoms with E-state index in [4.69, 9.17) is 0 Å². The summed E-state index contributed by atoms with van der Waals surface area (Å²) in [5.74, 6) is 0.121. The Balaban J connectivity index is 2.20. The zero-order valence-corrected chi connectivity index (χ0v) is 11.7. The molecule has 0 amide bonds. The lowest BCUT2D eigenvalue weighted by atomic mass is 10.2. The lowest BCUT2D eigenvalue weighted by Crippen LogP contribution is -2.27. The van der Waals surface area contributed by atoms with Crippen LogP contribution in [0.25, 0.3) is 0 Å². The van der Waals surface area contributed by atoms with Crippen LogP contribution in [0.4, 0.5) is 0 Å². The molecule has 0 aliphatic carbocycles. The molecule has 0 bridgehead atoms. The van der Waals surface area contributed by atoms with E-state index in [1.54, 1.807) is 6.92 Å². The number of hydrogen-bond donors (Lipinski definition) is 2. The smallest absolute Gasteiger partial charge is 0.241 e. The van der Waals surface area contributed by atoms with E-state index in [0.717, 1.165) is 0 Å². The Hall–Kier alpha value is -2.13. The molecule has 1 unspecified atom stereocenters. The molecule has 9 heteroatoms. The van der Waals surface area contributed by atoms with Crippen molar-refractivity contribution in [3.8, 4) is 0 Å². The van der Waals surface area contributed by atoms with Crippen LogP contribution in [0.1, 0.15) is 36.1 Å². The van der Waals surface area contributed by atoms with Crippen molar-refractivity contribution >= 4 is 15.8 Å². The molecule has 0 saturated heterocycles. The topological polar surface area (TPSA) is 118 Å². The molecule has 2 rings (SSSR count). The number of nitrogens with one attached hydrogen (secondary N) is 2. The van der Waals surface area contributed by atoms with E-state index >= 15 is 0 Å². The van der Waals surface area contributed by atoms with E-state index in [9.17, 15) is 13.2 Å². The van der Waals surface area contributed by atoms with Gasteiger partial charge in [0, 0.05) is 5.56 Å². The Morgan fingerprint density at radius 3 is 2.45 bits per heavy atom. The van der Waals surface area contributed by atoms with Gasteiger partial charge in [0.05, 0.1) is 10.9 Å². The van der Waals surface area contributed by atoms with Crippen molar-refractivity contribution in [2.75, 3.05) is 0 Å². The van der Waals surface area contributed by atoms with Crippen LogP contribution in [0.3, 0.4) is 0 Å². The second kappa shape index (κ2) is 5.47. The summed E-state index contributed by atoms with van der Waals surface area (Å²) >= 11 is 0. The largest absolute Gasteiger partial charge is 0.295 e. The molecular formula is C11H13N5O3S. The van der Waals surface area contributed by atoms with Crippen LogP contribution < -0.4 is 4.72 Å². The Morgan fingerprint density at radius 1 is 1.30 bits per heavy atom. The van der Waals surface area contributed by atoms with E-state index in [1.807, 2.05) is 0 Å². The molecule has 1 aromatic carbocycles. The fourth-order valence-corrected chi connectivity index (χ4v) is 2.78. The van der Waals surface area contributed by atoms with Crippen molar-refractivity contribution in [1.29, 1.82) is 0 Å². The predicted octanol–water partition coefficient (Wildman–Crippen LogP) is 0.442. The second-order valence-electron chi connectivity index (χ2n) is 4.19. The van der Waals surface area contributed by atoms with Crippen LogP contribution in [-0.4, -0.2) is 34.8 Å². The minimum absolute atomic E-state index is 0.0674. The third-order valence-corrected chi connectivity index (χ3v) is 4.21. The SMILES string of the molecule is CC(=O)c1ccc(S(=O)(=O)NC(C)c2nn[nH]n2)cc1. The van der Waals surface area contributed by atoms with Gasteiger partial charge >= 0.3 is 0 Å². The average Bonchev–Trinajstić information content (AvgIpc) is 2.92. The highest BCUT2D eigenvalue weighted by Crippen LogP contribution is 2.14. The predicted molar refractivity (Wildman–Crippen MR) is 69.4 cm³/mol. The van der Waals surface area contributed by atoms with Gasteiger partial charge in [-0.05, 0) is 26.0 Å². The summed E-state index contributed by atoms with van der Waals surface area (Å²) in [7, 11) is -3.71. The zero-order chi connectivity index (χ0) is 14.8. The summed E-state index contributed by atoms with van der Waals surface area (Å²) in [6.07, 6.45) is 0. The van der Waals surface area contributed by atoms with Gasteiger partial charge in [0.25, 0.3) is 0 Å². The molecule has 0 aliphatic rings. The first-order valence-corrected chi connectivity index (χ1v) is 7.25. The normalized spacial score (nSPS) is 13.1. The maximum absolute atomic E-state index is 12.1. The zero-order valence-electron chi connectivity index (χ0n) is 10.9. The lowest BCUT2D eigenvalue weighted by molar-refractivity contribution is 0.101. The Bertz CT molecular complexity index is 694. The van der Waals surface area contributed by atoms with Gasteiger partial charge in [-0.2, -0.15) is 5.21 Å². The van der Waals surface area contributed by atoms with Gasteiger partial charge in [0.15, 0.2) is 11.6 Å². The third-order valence-electron chi connectivity index (χ3n) is 2.65.